The molecule has 0 unspecified atom stereocenters. The monoisotopic (exact) mass is 260 g/mol. The van der Waals surface area contributed by atoms with Crippen molar-refractivity contribution in [3.05, 3.63) is 30.1 Å². The lowest BCUT2D eigenvalue weighted by Gasteiger charge is -2.16. The number of aromatic amines is 1. The van der Waals surface area contributed by atoms with Crippen LogP contribution in [0.25, 0.3) is 11.0 Å². The van der Waals surface area contributed by atoms with Gasteiger partial charge in [-0.3, -0.25) is 4.79 Å². The van der Waals surface area contributed by atoms with E-state index >= 15 is 0 Å². The van der Waals surface area contributed by atoms with E-state index in [1.54, 1.807) is 4.90 Å². The maximum atomic E-state index is 11.9. The lowest BCUT2D eigenvalue weighted by atomic mass is 10.2. The van der Waals surface area contributed by atoms with Gasteiger partial charge >= 0.3 is 0 Å². The first kappa shape index (κ1) is 13.5. The molecule has 2 rings (SSSR count). The van der Waals surface area contributed by atoms with Crippen molar-refractivity contribution in [3.63, 3.8) is 0 Å². The van der Waals surface area contributed by atoms with Gasteiger partial charge in [0, 0.05) is 33.0 Å². The van der Waals surface area contributed by atoms with Crippen molar-refractivity contribution in [2.45, 2.75) is 12.8 Å². The molecule has 5 heteroatoms. The quantitative estimate of drug-likeness (QED) is 0.819. The van der Waals surface area contributed by atoms with Gasteiger partial charge in [0.1, 0.15) is 5.82 Å². The number of benzene rings is 1. The number of hydrogen-bond donors (Lipinski definition) is 2. The molecule has 1 aromatic carbocycles. The molecule has 1 amide bonds. The standard InChI is InChI=1S/C14H20N4O/c1-15-9-10-18(2)14(19)8-7-13-16-11-5-3-4-6-12(11)17-13/h3-6,15H,7-10H2,1-2H3,(H,16,17). The Balaban J connectivity index is 1.89. The molecule has 0 bridgehead atoms. The molecule has 1 heterocycles. The van der Waals surface area contributed by atoms with Gasteiger partial charge in [0.2, 0.25) is 5.91 Å². The molecule has 2 N–H and O–H groups in total. The SMILES string of the molecule is CNCCN(C)C(=O)CCc1nc2ccccc2[nH]1. The fraction of sp³-hybridized carbons (Fsp3) is 0.429. The maximum absolute atomic E-state index is 11.9. The van der Waals surface area contributed by atoms with Crippen molar-refractivity contribution in [3.8, 4) is 0 Å². The maximum Gasteiger partial charge on any atom is 0.222 e. The van der Waals surface area contributed by atoms with Gasteiger partial charge in [0.05, 0.1) is 11.0 Å². The number of aryl methyl sites for hydroxylation is 1. The zero-order chi connectivity index (χ0) is 13.7. The van der Waals surface area contributed by atoms with Crippen molar-refractivity contribution in [2.24, 2.45) is 0 Å². The molecule has 0 atom stereocenters. The highest BCUT2D eigenvalue weighted by Gasteiger charge is 2.10. The molecule has 1 aromatic heterocycles. The zero-order valence-electron chi connectivity index (χ0n) is 11.4. The van der Waals surface area contributed by atoms with E-state index in [1.165, 1.54) is 0 Å². The number of amides is 1. The number of likely N-dealkylation sites (N-methyl/N-ethyl adjacent to an activating group) is 2. The highest BCUT2D eigenvalue weighted by Crippen LogP contribution is 2.11. The Labute approximate surface area is 113 Å². The average Bonchev–Trinajstić information content (AvgIpc) is 2.84. The van der Waals surface area contributed by atoms with Crippen LogP contribution in [0.3, 0.4) is 0 Å². The molecule has 0 aliphatic heterocycles. The van der Waals surface area contributed by atoms with Crippen molar-refractivity contribution < 1.29 is 4.79 Å². The Morgan fingerprint density at radius 2 is 2.21 bits per heavy atom. The van der Waals surface area contributed by atoms with E-state index < -0.39 is 0 Å². The molecule has 0 aliphatic carbocycles. The van der Waals surface area contributed by atoms with Crippen LogP contribution in [-0.2, 0) is 11.2 Å². The van der Waals surface area contributed by atoms with Gasteiger partial charge in [-0.15, -0.1) is 0 Å². The number of carbonyl (C=O) groups is 1. The predicted octanol–water partition coefficient (Wildman–Crippen LogP) is 1.17. The van der Waals surface area contributed by atoms with Gasteiger partial charge in [-0.05, 0) is 19.2 Å². The summed E-state index contributed by atoms with van der Waals surface area (Å²) in [7, 11) is 3.71. The summed E-state index contributed by atoms with van der Waals surface area (Å²) in [6.07, 6.45) is 1.14. The molecular formula is C14H20N4O. The van der Waals surface area contributed by atoms with Crippen LogP contribution >= 0.6 is 0 Å². The number of aromatic nitrogens is 2. The van der Waals surface area contributed by atoms with Crippen LogP contribution in [0.2, 0.25) is 0 Å². The Hall–Kier alpha value is -1.88. The third-order valence-electron chi connectivity index (χ3n) is 3.14. The third-order valence-corrected chi connectivity index (χ3v) is 3.14. The van der Waals surface area contributed by atoms with E-state index in [9.17, 15) is 4.79 Å². The van der Waals surface area contributed by atoms with Crippen molar-refractivity contribution in [1.29, 1.82) is 0 Å². The van der Waals surface area contributed by atoms with Crippen molar-refractivity contribution in [1.82, 2.24) is 20.2 Å². The molecule has 0 saturated heterocycles. The van der Waals surface area contributed by atoms with Gasteiger partial charge in [0.25, 0.3) is 0 Å². The largest absolute Gasteiger partial charge is 0.344 e. The highest BCUT2D eigenvalue weighted by atomic mass is 16.2. The second kappa shape index (κ2) is 6.33. The average molecular weight is 260 g/mol. The second-order valence-electron chi connectivity index (χ2n) is 4.62. The minimum atomic E-state index is 0.149. The van der Waals surface area contributed by atoms with Crippen LogP contribution in [0, 0.1) is 0 Å². The summed E-state index contributed by atoms with van der Waals surface area (Å²) in [5, 5.41) is 3.03. The van der Waals surface area contributed by atoms with Gasteiger partial charge in [-0.1, -0.05) is 12.1 Å². The number of H-pyrrole nitrogens is 1. The number of nitrogens with one attached hydrogen (secondary N) is 2. The van der Waals surface area contributed by atoms with Gasteiger partial charge in [0.15, 0.2) is 0 Å². The number of para-hydroxylation sites is 2. The number of fused-ring (bicyclic) bond motifs is 1. The summed E-state index contributed by atoms with van der Waals surface area (Å²) in [5.74, 6) is 1.02. The van der Waals surface area contributed by atoms with Gasteiger partial charge < -0.3 is 15.2 Å². The topological polar surface area (TPSA) is 61.0 Å². The second-order valence-corrected chi connectivity index (χ2v) is 4.62. The first-order valence-corrected chi connectivity index (χ1v) is 6.53. The van der Waals surface area contributed by atoms with E-state index in [0.29, 0.717) is 12.8 Å². The Kier molecular flexibility index (Phi) is 4.52. The van der Waals surface area contributed by atoms with Crippen LogP contribution < -0.4 is 5.32 Å². The van der Waals surface area contributed by atoms with Gasteiger partial charge in [-0.2, -0.15) is 0 Å². The molecule has 0 radical (unpaired) electrons. The summed E-state index contributed by atoms with van der Waals surface area (Å²) < 4.78 is 0. The molecule has 0 saturated carbocycles. The first-order valence-electron chi connectivity index (χ1n) is 6.53. The smallest absolute Gasteiger partial charge is 0.222 e. The van der Waals surface area contributed by atoms with Crippen molar-refractivity contribution in [2.75, 3.05) is 27.2 Å². The summed E-state index contributed by atoms with van der Waals surface area (Å²) in [5.41, 5.74) is 1.97. The molecule has 19 heavy (non-hydrogen) atoms. The van der Waals surface area contributed by atoms with Crippen LogP contribution in [0.5, 0.6) is 0 Å². The van der Waals surface area contributed by atoms with E-state index in [0.717, 1.165) is 29.9 Å². The van der Waals surface area contributed by atoms with E-state index in [1.807, 2.05) is 38.4 Å². The fourth-order valence-electron chi connectivity index (χ4n) is 1.94. The van der Waals surface area contributed by atoms with Crippen LogP contribution in [0.15, 0.2) is 24.3 Å². The van der Waals surface area contributed by atoms with E-state index in [2.05, 4.69) is 15.3 Å². The van der Waals surface area contributed by atoms with Crippen LogP contribution in [0.4, 0.5) is 0 Å². The lowest BCUT2D eigenvalue weighted by Crippen LogP contribution is -2.32. The summed E-state index contributed by atoms with van der Waals surface area (Å²) in [4.78, 5) is 21.3. The fourth-order valence-corrected chi connectivity index (χ4v) is 1.94. The third kappa shape index (κ3) is 3.54. The molecule has 0 fully saturated rings. The van der Waals surface area contributed by atoms with Crippen LogP contribution in [0.1, 0.15) is 12.2 Å². The van der Waals surface area contributed by atoms with Crippen LogP contribution in [-0.4, -0.2) is 48.0 Å². The highest BCUT2D eigenvalue weighted by molar-refractivity contribution is 5.77. The molecule has 102 valence electrons. The Morgan fingerprint density at radius 1 is 1.42 bits per heavy atom. The lowest BCUT2D eigenvalue weighted by molar-refractivity contribution is -0.129. The number of nitrogens with zero attached hydrogens (tertiary/aromatic N) is 2. The number of rotatable bonds is 6. The summed E-state index contributed by atoms with van der Waals surface area (Å²) in [6.45, 7) is 1.54. The summed E-state index contributed by atoms with van der Waals surface area (Å²) in [6, 6.07) is 7.90. The number of hydrogen-bond acceptors (Lipinski definition) is 3. The number of carbonyl (C=O) groups excluding carboxylic acids is 1. The Morgan fingerprint density at radius 3 is 2.95 bits per heavy atom. The molecule has 0 aliphatic rings. The number of imidazole rings is 1. The molecule has 5 nitrogen and oxygen atoms in total. The Bertz CT molecular complexity index is 516. The predicted molar refractivity (Wildman–Crippen MR) is 76.0 cm³/mol. The van der Waals surface area contributed by atoms with E-state index in [4.69, 9.17) is 0 Å². The summed E-state index contributed by atoms with van der Waals surface area (Å²) >= 11 is 0. The molecule has 2 aromatic rings. The normalized spacial score (nSPS) is 10.8. The molecule has 0 spiro atoms. The minimum absolute atomic E-state index is 0.149. The van der Waals surface area contributed by atoms with Gasteiger partial charge in [-0.25, -0.2) is 4.98 Å². The minimum Gasteiger partial charge on any atom is -0.344 e. The van der Waals surface area contributed by atoms with Crippen molar-refractivity contribution >= 4 is 16.9 Å². The zero-order valence-corrected chi connectivity index (χ0v) is 11.4. The van der Waals surface area contributed by atoms with E-state index in [-0.39, 0.29) is 5.91 Å². The molecular weight excluding hydrogens is 240 g/mol. The first-order chi connectivity index (χ1) is 9.20.